The maximum Gasteiger partial charge on any atom is 0.310 e. The molecule has 1 atom stereocenters. The topological polar surface area (TPSA) is 117 Å². The minimum Gasteiger partial charge on any atom is -0.490 e. The van der Waals surface area contributed by atoms with E-state index in [1.165, 1.54) is 31.2 Å². The zero-order valence-corrected chi connectivity index (χ0v) is 16.3. The van der Waals surface area contributed by atoms with Gasteiger partial charge in [0.2, 0.25) is 5.91 Å². The van der Waals surface area contributed by atoms with E-state index in [2.05, 4.69) is 5.32 Å². The van der Waals surface area contributed by atoms with Gasteiger partial charge in [-0.05, 0) is 50.2 Å². The van der Waals surface area contributed by atoms with Crippen molar-refractivity contribution in [3.63, 3.8) is 0 Å². The Bertz CT molecular complexity index is 851. The number of esters is 1. The Morgan fingerprint density at radius 1 is 1.00 bits per heavy atom. The first-order valence-electron chi connectivity index (χ1n) is 9.15. The zero-order valence-electron chi connectivity index (χ0n) is 16.3. The molecule has 0 fully saturated rings. The third-order valence-corrected chi connectivity index (χ3v) is 3.83. The van der Waals surface area contributed by atoms with Crippen LogP contribution in [0.15, 0.2) is 48.5 Å². The van der Waals surface area contributed by atoms with Crippen molar-refractivity contribution < 1.29 is 28.6 Å². The van der Waals surface area contributed by atoms with Crippen molar-refractivity contribution in [1.29, 1.82) is 0 Å². The van der Waals surface area contributed by atoms with E-state index < -0.39 is 23.9 Å². The highest BCUT2D eigenvalue weighted by atomic mass is 16.6. The molecular weight excluding hydrogens is 376 g/mol. The minimum atomic E-state index is -0.992. The van der Waals surface area contributed by atoms with Crippen molar-refractivity contribution in [1.82, 2.24) is 0 Å². The molecule has 0 aromatic heterocycles. The molecule has 2 rings (SSSR count). The predicted molar refractivity (Wildman–Crippen MR) is 107 cm³/mol. The Hall–Kier alpha value is -3.55. The highest BCUT2D eigenvalue weighted by molar-refractivity contribution is 5.96. The molecule has 0 aliphatic heterocycles. The number of amides is 2. The second kappa shape index (κ2) is 10.7. The molecule has 0 saturated carbocycles. The molecule has 3 N–H and O–H groups in total. The third-order valence-electron chi connectivity index (χ3n) is 3.83. The van der Waals surface area contributed by atoms with Crippen LogP contribution in [-0.4, -0.2) is 37.1 Å². The Morgan fingerprint density at radius 2 is 1.62 bits per heavy atom. The second-order valence-corrected chi connectivity index (χ2v) is 6.04. The highest BCUT2D eigenvalue weighted by Crippen LogP contribution is 2.26. The van der Waals surface area contributed by atoms with Gasteiger partial charge in [-0.15, -0.1) is 0 Å². The SMILES string of the molecule is CCOc1ccccc1OCCC(=O)O[C@H](C)C(=O)Nc1ccc(C(N)=O)cc1. The first-order chi connectivity index (χ1) is 13.9. The van der Waals surface area contributed by atoms with Crippen LogP contribution in [0.3, 0.4) is 0 Å². The molecule has 2 amide bonds. The van der Waals surface area contributed by atoms with Crippen molar-refractivity contribution in [3.8, 4) is 11.5 Å². The number of ether oxygens (including phenoxy) is 3. The van der Waals surface area contributed by atoms with E-state index >= 15 is 0 Å². The van der Waals surface area contributed by atoms with Gasteiger partial charge in [0.05, 0.1) is 19.6 Å². The summed E-state index contributed by atoms with van der Waals surface area (Å²) in [6, 6.07) is 13.2. The van der Waals surface area contributed by atoms with Crippen molar-refractivity contribution in [3.05, 3.63) is 54.1 Å². The maximum atomic E-state index is 12.2. The average Bonchev–Trinajstić information content (AvgIpc) is 2.69. The number of rotatable bonds is 10. The lowest BCUT2D eigenvalue weighted by atomic mass is 10.2. The first kappa shape index (κ1) is 21.7. The number of primary amides is 1. The highest BCUT2D eigenvalue weighted by Gasteiger charge is 2.18. The summed E-state index contributed by atoms with van der Waals surface area (Å²) in [7, 11) is 0. The van der Waals surface area contributed by atoms with E-state index in [-0.39, 0.29) is 13.0 Å². The van der Waals surface area contributed by atoms with Crippen molar-refractivity contribution in [2.45, 2.75) is 26.4 Å². The van der Waals surface area contributed by atoms with Gasteiger partial charge < -0.3 is 25.3 Å². The summed E-state index contributed by atoms with van der Waals surface area (Å²) in [5.41, 5.74) is 5.95. The van der Waals surface area contributed by atoms with Gasteiger partial charge in [-0.3, -0.25) is 14.4 Å². The number of hydrogen-bond donors (Lipinski definition) is 2. The van der Waals surface area contributed by atoms with Gasteiger partial charge in [0.15, 0.2) is 17.6 Å². The molecule has 0 radical (unpaired) electrons. The Kier molecular flexibility index (Phi) is 8.02. The van der Waals surface area contributed by atoms with Gasteiger partial charge in [-0.25, -0.2) is 0 Å². The van der Waals surface area contributed by atoms with Crippen molar-refractivity contribution >= 4 is 23.5 Å². The van der Waals surface area contributed by atoms with E-state index in [1.54, 1.807) is 18.2 Å². The number of carbonyl (C=O) groups is 3. The molecule has 0 aliphatic rings. The van der Waals surface area contributed by atoms with E-state index in [0.29, 0.717) is 29.4 Å². The zero-order chi connectivity index (χ0) is 21.2. The van der Waals surface area contributed by atoms with Crippen LogP contribution in [0.1, 0.15) is 30.6 Å². The Balaban J connectivity index is 1.78. The molecule has 0 heterocycles. The first-order valence-corrected chi connectivity index (χ1v) is 9.15. The monoisotopic (exact) mass is 400 g/mol. The van der Waals surface area contributed by atoms with Crippen LogP contribution in [0.5, 0.6) is 11.5 Å². The molecular formula is C21H24N2O6. The molecule has 0 spiro atoms. The molecule has 0 saturated heterocycles. The summed E-state index contributed by atoms with van der Waals surface area (Å²) in [5, 5.41) is 2.60. The molecule has 2 aromatic rings. The van der Waals surface area contributed by atoms with Crippen LogP contribution in [0.25, 0.3) is 0 Å². The summed E-state index contributed by atoms with van der Waals surface area (Å²) < 4.78 is 16.1. The quantitative estimate of drug-likeness (QED) is 0.592. The number of carbonyl (C=O) groups excluding carboxylic acids is 3. The van der Waals surface area contributed by atoms with Gasteiger partial charge in [-0.1, -0.05) is 12.1 Å². The standard InChI is InChI=1S/C21H24N2O6/c1-3-27-17-6-4-5-7-18(17)28-13-12-19(24)29-14(2)21(26)23-16-10-8-15(9-11-16)20(22)25/h4-11,14H,3,12-13H2,1-2H3,(H2,22,25)(H,23,26)/t14-/m1/s1. The summed E-state index contributed by atoms with van der Waals surface area (Å²) in [6.07, 6.45) is -1.01. The molecule has 8 nitrogen and oxygen atoms in total. The fourth-order valence-electron chi connectivity index (χ4n) is 2.36. The molecule has 0 unspecified atom stereocenters. The van der Waals surface area contributed by atoms with E-state index in [4.69, 9.17) is 19.9 Å². The summed E-state index contributed by atoms with van der Waals surface area (Å²) >= 11 is 0. The summed E-state index contributed by atoms with van der Waals surface area (Å²) in [6.45, 7) is 3.93. The fraction of sp³-hybridized carbons (Fsp3) is 0.286. The van der Waals surface area contributed by atoms with E-state index in [9.17, 15) is 14.4 Å². The molecule has 0 aliphatic carbocycles. The normalized spacial score (nSPS) is 11.2. The van der Waals surface area contributed by atoms with Gasteiger partial charge >= 0.3 is 5.97 Å². The number of nitrogens with one attached hydrogen (secondary N) is 1. The summed E-state index contributed by atoms with van der Waals surface area (Å²) in [4.78, 5) is 35.2. The third kappa shape index (κ3) is 6.84. The van der Waals surface area contributed by atoms with E-state index in [0.717, 1.165) is 0 Å². The lowest BCUT2D eigenvalue weighted by molar-refractivity contribution is -0.153. The van der Waals surface area contributed by atoms with Gasteiger partial charge in [-0.2, -0.15) is 0 Å². The Morgan fingerprint density at radius 3 is 2.21 bits per heavy atom. The fourth-order valence-corrected chi connectivity index (χ4v) is 2.36. The molecule has 2 aromatic carbocycles. The summed E-state index contributed by atoms with van der Waals surface area (Å²) in [5.74, 6) is -0.486. The number of para-hydroxylation sites is 2. The van der Waals surface area contributed by atoms with Crippen LogP contribution < -0.4 is 20.5 Å². The number of nitrogens with two attached hydrogens (primary N) is 1. The molecule has 154 valence electrons. The van der Waals surface area contributed by atoms with Crippen molar-refractivity contribution in [2.75, 3.05) is 18.5 Å². The predicted octanol–water partition coefficient (Wildman–Crippen LogP) is 2.52. The van der Waals surface area contributed by atoms with Crippen LogP contribution in [0.2, 0.25) is 0 Å². The van der Waals surface area contributed by atoms with Gasteiger partial charge in [0, 0.05) is 11.3 Å². The van der Waals surface area contributed by atoms with E-state index in [1.807, 2.05) is 13.0 Å². The number of hydrogen-bond acceptors (Lipinski definition) is 6. The smallest absolute Gasteiger partial charge is 0.310 e. The molecule has 8 heteroatoms. The maximum absolute atomic E-state index is 12.2. The molecule has 29 heavy (non-hydrogen) atoms. The lowest BCUT2D eigenvalue weighted by Gasteiger charge is -2.14. The van der Waals surface area contributed by atoms with Crippen LogP contribution in [-0.2, 0) is 14.3 Å². The van der Waals surface area contributed by atoms with Crippen LogP contribution in [0.4, 0.5) is 5.69 Å². The Labute approximate surface area is 168 Å². The van der Waals surface area contributed by atoms with Crippen LogP contribution >= 0.6 is 0 Å². The largest absolute Gasteiger partial charge is 0.490 e. The number of benzene rings is 2. The lowest BCUT2D eigenvalue weighted by Crippen LogP contribution is -2.30. The van der Waals surface area contributed by atoms with Gasteiger partial charge in [0.1, 0.15) is 0 Å². The minimum absolute atomic E-state index is 0.0224. The second-order valence-electron chi connectivity index (χ2n) is 6.04. The number of anilines is 1. The molecule has 0 bridgehead atoms. The average molecular weight is 400 g/mol. The van der Waals surface area contributed by atoms with Crippen LogP contribution in [0, 0.1) is 0 Å². The van der Waals surface area contributed by atoms with Crippen molar-refractivity contribution in [2.24, 2.45) is 5.73 Å². The van der Waals surface area contributed by atoms with Gasteiger partial charge in [0.25, 0.3) is 5.91 Å².